The van der Waals surface area contributed by atoms with Gasteiger partial charge < -0.3 is 9.80 Å². The number of hydrogen-bond donors (Lipinski definition) is 0. The molecular formula is C16H20F3N3O. The van der Waals surface area contributed by atoms with Crippen molar-refractivity contribution in [1.82, 2.24) is 9.88 Å². The van der Waals surface area contributed by atoms with E-state index in [1.165, 1.54) is 6.20 Å². The molecule has 2 aliphatic heterocycles. The molecule has 0 saturated carbocycles. The largest absolute Gasteiger partial charge is 0.416 e. The van der Waals surface area contributed by atoms with Crippen LogP contribution in [0.4, 0.5) is 19.0 Å². The molecule has 4 nitrogen and oxygen atoms in total. The van der Waals surface area contributed by atoms with Gasteiger partial charge in [-0.2, -0.15) is 13.2 Å². The lowest BCUT2D eigenvalue weighted by atomic mass is 9.96. The van der Waals surface area contributed by atoms with Crippen LogP contribution in [0.1, 0.15) is 31.2 Å². The molecule has 2 aliphatic rings. The highest BCUT2D eigenvalue weighted by molar-refractivity contribution is 5.80. The SMILES string of the molecule is O=C([C@@H]1CCCN(c2cc(C(F)(F)F)ccn2)C1)N1CCCC1. The summed E-state index contributed by atoms with van der Waals surface area (Å²) >= 11 is 0. The second-order valence-corrected chi connectivity index (χ2v) is 6.22. The summed E-state index contributed by atoms with van der Waals surface area (Å²) in [6, 6.07) is 2.04. The van der Waals surface area contributed by atoms with Crippen LogP contribution in [-0.2, 0) is 11.0 Å². The molecule has 0 radical (unpaired) electrons. The molecular weight excluding hydrogens is 307 g/mol. The Hall–Kier alpha value is -1.79. The van der Waals surface area contributed by atoms with Crippen LogP contribution in [0.3, 0.4) is 0 Å². The Morgan fingerprint density at radius 1 is 1.17 bits per heavy atom. The first-order valence-corrected chi connectivity index (χ1v) is 8.02. The van der Waals surface area contributed by atoms with Crippen LogP contribution in [0.5, 0.6) is 0 Å². The van der Waals surface area contributed by atoms with Crippen LogP contribution in [0, 0.1) is 5.92 Å². The number of halogens is 3. The molecule has 0 aliphatic carbocycles. The van der Waals surface area contributed by atoms with E-state index in [2.05, 4.69) is 4.98 Å². The Morgan fingerprint density at radius 3 is 2.61 bits per heavy atom. The predicted molar refractivity (Wildman–Crippen MR) is 80.0 cm³/mol. The van der Waals surface area contributed by atoms with Gasteiger partial charge in [0.05, 0.1) is 11.5 Å². The van der Waals surface area contributed by atoms with E-state index in [0.29, 0.717) is 18.9 Å². The van der Waals surface area contributed by atoms with Crippen molar-refractivity contribution in [2.24, 2.45) is 5.92 Å². The lowest BCUT2D eigenvalue weighted by Gasteiger charge is -2.34. The van der Waals surface area contributed by atoms with Crippen molar-refractivity contribution >= 4 is 11.7 Å². The summed E-state index contributed by atoms with van der Waals surface area (Å²) in [5, 5.41) is 0. The van der Waals surface area contributed by atoms with Crippen LogP contribution < -0.4 is 4.90 Å². The zero-order chi connectivity index (χ0) is 16.4. The summed E-state index contributed by atoms with van der Waals surface area (Å²) in [5.74, 6) is 0.302. The molecule has 0 N–H and O–H groups in total. The third-order valence-corrected chi connectivity index (χ3v) is 4.59. The van der Waals surface area contributed by atoms with Gasteiger partial charge in [-0.25, -0.2) is 4.98 Å². The summed E-state index contributed by atoms with van der Waals surface area (Å²) in [7, 11) is 0. The number of aromatic nitrogens is 1. The van der Waals surface area contributed by atoms with Crippen molar-refractivity contribution in [3.05, 3.63) is 23.9 Å². The second-order valence-electron chi connectivity index (χ2n) is 6.22. The summed E-state index contributed by atoms with van der Waals surface area (Å²) < 4.78 is 38.5. The average molecular weight is 327 g/mol. The number of carbonyl (C=O) groups excluding carboxylic acids is 1. The van der Waals surface area contributed by atoms with Gasteiger partial charge in [-0.3, -0.25) is 4.79 Å². The number of hydrogen-bond acceptors (Lipinski definition) is 3. The minimum atomic E-state index is -4.38. The minimum absolute atomic E-state index is 0.138. The van der Waals surface area contributed by atoms with Gasteiger partial charge in [0.15, 0.2) is 0 Å². The van der Waals surface area contributed by atoms with E-state index in [0.717, 1.165) is 50.9 Å². The molecule has 3 heterocycles. The molecule has 3 rings (SSSR count). The normalized spacial score (nSPS) is 22.5. The molecule has 0 aromatic carbocycles. The first kappa shape index (κ1) is 16.1. The molecule has 0 spiro atoms. The molecule has 23 heavy (non-hydrogen) atoms. The number of alkyl halides is 3. The first-order valence-electron chi connectivity index (χ1n) is 8.02. The Balaban J connectivity index is 1.72. The topological polar surface area (TPSA) is 36.4 Å². The summed E-state index contributed by atoms with van der Waals surface area (Å²) in [5.41, 5.74) is -0.699. The van der Waals surface area contributed by atoms with E-state index in [1.54, 1.807) is 4.90 Å². The summed E-state index contributed by atoms with van der Waals surface area (Å²) in [6.45, 7) is 2.69. The number of nitrogens with zero attached hydrogens (tertiary/aromatic N) is 3. The van der Waals surface area contributed by atoms with Crippen molar-refractivity contribution in [1.29, 1.82) is 0 Å². The Kier molecular flexibility index (Phi) is 4.46. The van der Waals surface area contributed by atoms with Crippen LogP contribution in [0.25, 0.3) is 0 Å². The standard InChI is InChI=1S/C16H20F3N3O/c17-16(18,19)13-5-6-20-14(10-13)22-9-3-4-12(11-22)15(23)21-7-1-2-8-21/h5-6,10,12H,1-4,7-9,11H2/t12-/m1/s1. The highest BCUT2D eigenvalue weighted by Crippen LogP contribution is 2.32. The quantitative estimate of drug-likeness (QED) is 0.838. The van der Waals surface area contributed by atoms with Gasteiger partial charge in [-0.15, -0.1) is 0 Å². The number of rotatable bonds is 2. The van der Waals surface area contributed by atoms with E-state index in [4.69, 9.17) is 0 Å². The maximum atomic E-state index is 12.8. The van der Waals surface area contributed by atoms with Gasteiger partial charge in [-0.05, 0) is 37.8 Å². The minimum Gasteiger partial charge on any atom is -0.356 e. The number of pyridine rings is 1. The molecule has 7 heteroatoms. The molecule has 1 atom stereocenters. The number of amides is 1. The third-order valence-electron chi connectivity index (χ3n) is 4.59. The number of anilines is 1. The number of carbonyl (C=O) groups is 1. The molecule has 0 bridgehead atoms. The van der Waals surface area contributed by atoms with Crippen molar-refractivity contribution in [2.75, 3.05) is 31.1 Å². The lowest BCUT2D eigenvalue weighted by Crippen LogP contribution is -2.44. The smallest absolute Gasteiger partial charge is 0.356 e. The molecule has 126 valence electrons. The Morgan fingerprint density at radius 2 is 1.91 bits per heavy atom. The van der Waals surface area contributed by atoms with Crippen LogP contribution >= 0.6 is 0 Å². The van der Waals surface area contributed by atoms with Gasteiger partial charge >= 0.3 is 6.18 Å². The van der Waals surface area contributed by atoms with E-state index < -0.39 is 11.7 Å². The molecule has 1 amide bonds. The van der Waals surface area contributed by atoms with Crippen molar-refractivity contribution < 1.29 is 18.0 Å². The van der Waals surface area contributed by atoms with E-state index in [-0.39, 0.29) is 11.8 Å². The average Bonchev–Trinajstić information content (AvgIpc) is 3.08. The highest BCUT2D eigenvalue weighted by atomic mass is 19.4. The fraction of sp³-hybridized carbons (Fsp3) is 0.625. The molecule has 2 saturated heterocycles. The lowest BCUT2D eigenvalue weighted by molar-refractivity contribution is -0.137. The summed E-state index contributed by atoms with van der Waals surface area (Å²) in [6.07, 6.45) is 0.476. The maximum absolute atomic E-state index is 12.8. The molecule has 1 aromatic heterocycles. The number of likely N-dealkylation sites (tertiary alicyclic amines) is 1. The highest BCUT2D eigenvalue weighted by Gasteiger charge is 2.33. The van der Waals surface area contributed by atoms with Crippen LogP contribution in [0.15, 0.2) is 18.3 Å². The van der Waals surface area contributed by atoms with Gasteiger partial charge in [0.2, 0.25) is 5.91 Å². The van der Waals surface area contributed by atoms with Crippen LogP contribution in [-0.4, -0.2) is 42.0 Å². The maximum Gasteiger partial charge on any atom is 0.416 e. The fourth-order valence-corrected chi connectivity index (χ4v) is 3.35. The van der Waals surface area contributed by atoms with E-state index in [9.17, 15) is 18.0 Å². The monoisotopic (exact) mass is 327 g/mol. The van der Waals surface area contributed by atoms with Crippen LogP contribution in [0.2, 0.25) is 0 Å². The second kappa shape index (κ2) is 6.37. The molecule has 1 aromatic rings. The van der Waals surface area contributed by atoms with Crippen molar-refractivity contribution in [3.8, 4) is 0 Å². The fourth-order valence-electron chi connectivity index (χ4n) is 3.35. The van der Waals surface area contributed by atoms with Gasteiger partial charge in [0.25, 0.3) is 0 Å². The third kappa shape index (κ3) is 3.59. The Bertz CT molecular complexity index is 570. The molecule has 2 fully saturated rings. The summed E-state index contributed by atoms with van der Waals surface area (Å²) in [4.78, 5) is 20.3. The van der Waals surface area contributed by atoms with Crippen molar-refractivity contribution in [3.63, 3.8) is 0 Å². The zero-order valence-corrected chi connectivity index (χ0v) is 12.9. The van der Waals surface area contributed by atoms with E-state index in [1.807, 2.05) is 4.90 Å². The van der Waals surface area contributed by atoms with Gasteiger partial charge in [0, 0.05) is 32.4 Å². The van der Waals surface area contributed by atoms with Gasteiger partial charge in [0.1, 0.15) is 5.82 Å². The first-order chi connectivity index (χ1) is 10.9. The van der Waals surface area contributed by atoms with Crippen molar-refractivity contribution in [2.45, 2.75) is 31.9 Å². The zero-order valence-electron chi connectivity index (χ0n) is 12.9. The van der Waals surface area contributed by atoms with E-state index >= 15 is 0 Å². The number of piperidine rings is 1. The predicted octanol–water partition coefficient (Wildman–Crippen LogP) is 2.94. The van der Waals surface area contributed by atoms with Gasteiger partial charge in [-0.1, -0.05) is 0 Å². The Labute approximate surface area is 133 Å². The molecule has 0 unspecified atom stereocenters.